The molecule has 1 saturated carbocycles. The van der Waals surface area contributed by atoms with Gasteiger partial charge in [0.1, 0.15) is 0 Å². The number of aromatic nitrogens is 1. The van der Waals surface area contributed by atoms with Crippen molar-refractivity contribution in [3.8, 4) is 5.69 Å². The van der Waals surface area contributed by atoms with Gasteiger partial charge >= 0.3 is 5.97 Å². The zero-order valence-corrected chi connectivity index (χ0v) is 16.5. The predicted molar refractivity (Wildman–Crippen MR) is 116 cm³/mol. The van der Waals surface area contributed by atoms with Crippen molar-refractivity contribution in [3.63, 3.8) is 0 Å². The summed E-state index contributed by atoms with van der Waals surface area (Å²) in [4.78, 5) is 12.4. The summed E-state index contributed by atoms with van der Waals surface area (Å²) in [5.41, 5.74) is 6.48. The Hall–Kier alpha value is -3.33. The van der Waals surface area contributed by atoms with E-state index >= 15 is 0 Å². The Morgan fingerprint density at radius 3 is 2.59 bits per heavy atom. The van der Waals surface area contributed by atoms with Crippen LogP contribution in [0.1, 0.15) is 45.8 Å². The number of rotatable bonds is 5. The maximum Gasteiger partial charge on any atom is 0.338 e. The lowest BCUT2D eigenvalue weighted by atomic mass is 9.96. The monoisotopic (exact) mass is 381 g/mol. The third kappa shape index (κ3) is 3.44. The Bertz CT molecular complexity index is 1190. The molecule has 5 rings (SSSR count). The number of nitrogens with zero attached hydrogens (tertiary/aromatic N) is 1. The van der Waals surface area contributed by atoms with Crippen LogP contribution in [0.5, 0.6) is 0 Å². The molecule has 144 valence electrons. The summed E-state index contributed by atoms with van der Waals surface area (Å²) in [5.74, 6) is 0.361. The largest absolute Gasteiger partial charge is 0.465 e. The van der Waals surface area contributed by atoms with Crippen LogP contribution in [0.2, 0.25) is 0 Å². The first-order valence-electron chi connectivity index (χ1n) is 10.1. The molecule has 1 aliphatic carbocycles. The van der Waals surface area contributed by atoms with Gasteiger partial charge in [0.15, 0.2) is 0 Å². The van der Waals surface area contributed by atoms with E-state index in [0.29, 0.717) is 17.9 Å². The van der Waals surface area contributed by atoms with Crippen molar-refractivity contribution in [2.75, 3.05) is 7.11 Å². The lowest BCUT2D eigenvalue weighted by Crippen LogP contribution is -2.07. The minimum absolute atomic E-state index is 0.251. The van der Waals surface area contributed by atoms with Crippen LogP contribution in [-0.2, 0) is 11.2 Å². The highest BCUT2D eigenvalue weighted by atomic mass is 16.5. The van der Waals surface area contributed by atoms with E-state index in [9.17, 15) is 4.79 Å². The molecule has 3 heteroatoms. The topological polar surface area (TPSA) is 31.2 Å². The van der Waals surface area contributed by atoms with Crippen molar-refractivity contribution in [2.45, 2.75) is 25.2 Å². The molecule has 1 aliphatic rings. The number of hydrogen-bond donors (Lipinski definition) is 0. The van der Waals surface area contributed by atoms with Crippen LogP contribution in [0.3, 0.4) is 0 Å². The predicted octanol–water partition coefficient (Wildman–Crippen LogP) is 5.89. The SMILES string of the molecule is COC(=O)c1cc(C2CC2)ccc1Cc1ccc2c(ccn2-c2ccccc2)c1. The molecule has 0 N–H and O–H groups in total. The van der Waals surface area contributed by atoms with Gasteiger partial charge in [0.2, 0.25) is 0 Å². The zero-order chi connectivity index (χ0) is 19.8. The molecule has 1 aromatic heterocycles. The van der Waals surface area contributed by atoms with Crippen LogP contribution in [-0.4, -0.2) is 17.6 Å². The summed E-state index contributed by atoms with van der Waals surface area (Å²) in [5, 5.41) is 1.19. The fourth-order valence-electron chi connectivity index (χ4n) is 4.05. The molecule has 0 aliphatic heterocycles. The number of carbonyl (C=O) groups is 1. The van der Waals surface area contributed by atoms with Crippen molar-refractivity contribution < 1.29 is 9.53 Å². The number of ether oxygens (including phenoxy) is 1. The average molecular weight is 381 g/mol. The second kappa shape index (κ2) is 7.25. The van der Waals surface area contributed by atoms with Gasteiger partial charge in [-0.25, -0.2) is 4.79 Å². The van der Waals surface area contributed by atoms with Crippen LogP contribution in [0.15, 0.2) is 79.0 Å². The number of carbonyl (C=O) groups excluding carboxylic acids is 1. The molecule has 1 fully saturated rings. The zero-order valence-electron chi connectivity index (χ0n) is 16.5. The summed E-state index contributed by atoms with van der Waals surface area (Å²) in [7, 11) is 1.45. The molecule has 0 spiro atoms. The molecule has 0 atom stereocenters. The van der Waals surface area contributed by atoms with Gasteiger partial charge in [-0.3, -0.25) is 0 Å². The molecule has 0 unspecified atom stereocenters. The lowest BCUT2D eigenvalue weighted by molar-refractivity contribution is 0.0599. The van der Waals surface area contributed by atoms with Crippen LogP contribution in [0.25, 0.3) is 16.6 Å². The van der Waals surface area contributed by atoms with E-state index in [1.54, 1.807) is 0 Å². The minimum Gasteiger partial charge on any atom is -0.465 e. The molecule has 29 heavy (non-hydrogen) atoms. The Labute approximate surface area is 170 Å². The average Bonchev–Trinajstić information content (AvgIpc) is 3.53. The number of benzene rings is 3. The fraction of sp³-hybridized carbons (Fsp3) is 0.192. The van der Waals surface area contributed by atoms with Gasteiger partial charge in [-0.15, -0.1) is 0 Å². The number of fused-ring (bicyclic) bond motifs is 1. The van der Waals surface area contributed by atoms with Gasteiger partial charge in [-0.1, -0.05) is 36.4 Å². The van der Waals surface area contributed by atoms with E-state index < -0.39 is 0 Å². The number of esters is 1. The van der Waals surface area contributed by atoms with Crippen molar-refractivity contribution in [1.82, 2.24) is 4.57 Å². The number of methoxy groups -OCH3 is 1. The Kier molecular flexibility index (Phi) is 4.44. The fourth-order valence-corrected chi connectivity index (χ4v) is 4.05. The van der Waals surface area contributed by atoms with Crippen molar-refractivity contribution in [2.24, 2.45) is 0 Å². The number of para-hydroxylation sites is 1. The Morgan fingerprint density at radius 1 is 1.00 bits per heavy atom. The first kappa shape index (κ1) is 17.7. The van der Waals surface area contributed by atoms with Crippen LogP contribution in [0, 0.1) is 0 Å². The number of hydrogen-bond acceptors (Lipinski definition) is 2. The molecule has 0 amide bonds. The van der Waals surface area contributed by atoms with Crippen LogP contribution in [0.4, 0.5) is 0 Å². The lowest BCUT2D eigenvalue weighted by Gasteiger charge is -2.11. The molecule has 0 saturated heterocycles. The van der Waals surface area contributed by atoms with E-state index in [4.69, 9.17) is 4.74 Å². The van der Waals surface area contributed by atoms with Gasteiger partial charge in [-0.2, -0.15) is 0 Å². The normalized spacial score (nSPS) is 13.6. The van der Waals surface area contributed by atoms with Gasteiger partial charge in [0.05, 0.1) is 18.2 Å². The summed E-state index contributed by atoms with van der Waals surface area (Å²) >= 11 is 0. The summed E-state index contributed by atoms with van der Waals surface area (Å²) in [6.07, 6.45) is 5.25. The molecule has 0 bridgehead atoms. The Morgan fingerprint density at radius 2 is 1.83 bits per heavy atom. The molecular formula is C26H23NO2. The third-order valence-corrected chi connectivity index (χ3v) is 5.77. The second-order valence-electron chi connectivity index (χ2n) is 7.77. The highest BCUT2D eigenvalue weighted by molar-refractivity contribution is 5.91. The molecule has 1 heterocycles. The minimum atomic E-state index is -0.251. The van der Waals surface area contributed by atoms with Crippen LogP contribution >= 0.6 is 0 Å². The standard InChI is InChI=1S/C26H23NO2/c1-29-26(28)24-17-20(19-8-9-19)10-11-21(24)15-18-7-12-25-22(16-18)13-14-27(25)23-5-3-2-4-6-23/h2-7,10-14,16-17,19H,8-9,15H2,1H3. The van der Waals surface area contributed by atoms with Gasteiger partial charge in [0.25, 0.3) is 0 Å². The van der Waals surface area contributed by atoms with Gasteiger partial charge in [0, 0.05) is 17.3 Å². The van der Waals surface area contributed by atoms with E-state index in [-0.39, 0.29) is 5.97 Å². The van der Waals surface area contributed by atoms with E-state index in [2.05, 4.69) is 71.4 Å². The highest BCUT2D eigenvalue weighted by Crippen LogP contribution is 2.40. The molecule has 0 radical (unpaired) electrons. The van der Waals surface area contributed by atoms with Crippen molar-refractivity contribution in [3.05, 3.63) is 101 Å². The molecule has 3 nitrogen and oxygen atoms in total. The first-order chi connectivity index (χ1) is 14.2. The smallest absolute Gasteiger partial charge is 0.338 e. The maximum absolute atomic E-state index is 12.4. The summed E-state index contributed by atoms with van der Waals surface area (Å²) < 4.78 is 7.25. The maximum atomic E-state index is 12.4. The quantitative estimate of drug-likeness (QED) is 0.404. The molecule has 4 aromatic rings. The Balaban J connectivity index is 1.48. The van der Waals surface area contributed by atoms with Crippen molar-refractivity contribution in [1.29, 1.82) is 0 Å². The van der Waals surface area contributed by atoms with E-state index in [0.717, 1.165) is 11.3 Å². The molecule has 3 aromatic carbocycles. The third-order valence-electron chi connectivity index (χ3n) is 5.77. The summed E-state index contributed by atoms with van der Waals surface area (Å²) in [6, 6.07) is 25.3. The summed E-state index contributed by atoms with van der Waals surface area (Å²) in [6.45, 7) is 0. The first-order valence-corrected chi connectivity index (χ1v) is 10.1. The highest BCUT2D eigenvalue weighted by Gasteiger charge is 2.25. The van der Waals surface area contributed by atoms with Gasteiger partial charge < -0.3 is 9.30 Å². The van der Waals surface area contributed by atoms with E-state index in [1.165, 1.54) is 42.0 Å². The van der Waals surface area contributed by atoms with Gasteiger partial charge in [-0.05, 0) is 78.3 Å². The van der Waals surface area contributed by atoms with E-state index in [1.807, 2.05) is 12.1 Å². The molecular weight excluding hydrogens is 358 g/mol. The second-order valence-corrected chi connectivity index (χ2v) is 7.77. The van der Waals surface area contributed by atoms with Crippen molar-refractivity contribution >= 4 is 16.9 Å². The van der Waals surface area contributed by atoms with Crippen LogP contribution < -0.4 is 0 Å².